The van der Waals surface area contributed by atoms with Crippen LogP contribution in [-0.4, -0.2) is 112 Å². The van der Waals surface area contributed by atoms with Gasteiger partial charge in [-0.15, -0.1) is 0 Å². The molecular weight excluding hydrogens is 1250 g/mol. The SMILES string of the molecule is BrCCCCCCBr.C=Cc1ccc(CN(C)CCCCCC(=O)OC)cc1.C=Cc1ccc(CN(C)CCCN(C)Cc2ccc(C=C)cc2)cc1.C=Cc1ccc(CNC)cc1.C=Cc1ccc(CNC)cc1.COC(=O)CCCCCBr. The topological polar surface area (TPSA) is 86.4 Å². The van der Waals surface area contributed by atoms with Gasteiger partial charge in [0.05, 0.1) is 14.2 Å². The smallest absolute Gasteiger partial charge is 0.305 e. The van der Waals surface area contributed by atoms with E-state index in [-0.39, 0.29) is 11.9 Å². The van der Waals surface area contributed by atoms with Crippen LogP contribution < -0.4 is 10.6 Å². The lowest BCUT2D eigenvalue weighted by atomic mass is 10.1. The van der Waals surface area contributed by atoms with Gasteiger partial charge in [0.25, 0.3) is 0 Å². The molecule has 5 aromatic rings. The molecule has 2 N–H and O–H groups in total. The lowest BCUT2D eigenvalue weighted by Gasteiger charge is -2.20. The molecule has 0 unspecified atom stereocenters. The van der Waals surface area contributed by atoms with Crippen LogP contribution in [0.1, 0.15) is 139 Å². The summed E-state index contributed by atoms with van der Waals surface area (Å²) in [6.45, 7) is 26.8. The van der Waals surface area contributed by atoms with E-state index in [1.54, 1.807) is 0 Å². The van der Waals surface area contributed by atoms with Gasteiger partial charge < -0.3 is 34.8 Å². The number of nitrogens with zero attached hydrogens (tertiary/aromatic N) is 3. The van der Waals surface area contributed by atoms with E-state index in [1.165, 1.54) is 96.4 Å². The van der Waals surface area contributed by atoms with Gasteiger partial charge in [0.2, 0.25) is 0 Å². The van der Waals surface area contributed by atoms with Crippen LogP contribution in [-0.2, 0) is 51.8 Å². The number of unbranched alkanes of at least 4 members (excludes halogenated alkanes) is 7. The first-order valence-corrected chi connectivity index (χ1v) is 33.3. The molecule has 9 nitrogen and oxygen atoms in total. The Labute approximate surface area is 541 Å². The number of carbonyl (C=O) groups is 2. The van der Waals surface area contributed by atoms with Crippen molar-refractivity contribution in [2.45, 2.75) is 116 Å². The highest BCUT2D eigenvalue weighted by Crippen LogP contribution is 2.13. The number of hydrogen-bond donors (Lipinski definition) is 2. The summed E-state index contributed by atoms with van der Waals surface area (Å²) in [5.74, 6) is -0.213. The molecule has 468 valence electrons. The molecule has 85 heavy (non-hydrogen) atoms. The second kappa shape index (κ2) is 55.6. The molecule has 0 aliphatic heterocycles. The van der Waals surface area contributed by atoms with E-state index in [9.17, 15) is 9.59 Å². The maximum atomic E-state index is 11.0. The fraction of sp³-hybridized carbons (Fsp3) is 0.425. The summed E-state index contributed by atoms with van der Waals surface area (Å²) in [7, 11) is 13.3. The summed E-state index contributed by atoms with van der Waals surface area (Å²) < 4.78 is 9.10. The van der Waals surface area contributed by atoms with Gasteiger partial charge in [-0.3, -0.25) is 9.59 Å². The minimum Gasteiger partial charge on any atom is -0.469 e. The Balaban J connectivity index is 0.00000105. The van der Waals surface area contributed by atoms with Crippen LogP contribution in [0.2, 0.25) is 0 Å². The monoisotopic (exact) mass is 1350 g/mol. The van der Waals surface area contributed by atoms with Crippen molar-refractivity contribution in [2.75, 3.05) is 85.1 Å². The number of benzene rings is 5. The van der Waals surface area contributed by atoms with Crippen molar-refractivity contribution in [3.05, 3.63) is 210 Å². The van der Waals surface area contributed by atoms with E-state index < -0.39 is 0 Å². The standard InChI is InChI=1S/C23H30N2.C17H25NO2.2C10H13N.C7H13BrO2.C6H12Br2/c1-5-20-8-12-22(13-9-20)18-24(3)16-7-17-25(4)19-23-14-10-21(6-2)11-15-23;1-4-15-9-11-16(12-10-15)14-18(2)13-7-5-6-8-17(19)20-3;2*1-3-9-4-6-10(7-5-9)8-11-2;1-10-7(9)5-3-2-4-6-8;7-5-3-1-2-4-6-8/h5-6,8-15H,1-2,7,16-19H2,3-4H3;4,9-12H,1,5-8,13-14H2,2-3H3;2*3-7,11H,1,8H2,2H3;2-6H2,1H3;1-6H2. The molecule has 0 aromatic heterocycles. The molecule has 0 atom stereocenters. The minimum atomic E-state index is -0.110. The number of esters is 2. The summed E-state index contributed by atoms with van der Waals surface area (Å²) in [4.78, 5) is 28.6. The highest BCUT2D eigenvalue weighted by Gasteiger charge is 2.06. The number of alkyl halides is 3. The van der Waals surface area contributed by atoms with Crippen LogP contribution in [0.4, 0.5) is 0 Å². The Morgan fingerprint density at radius 2 is 0.612 bits per heavy atom. The van der Waals surface area contributed by atoms with E-state index in [0.717, 1.165) is 112 Å². The van der Waals surface area contributed by atoms with Crippen molar-refractivity contribution in [1.29, 1.82) is 0 Å². The Morgan fingerprint density at radius 1 is 0.376 bits per heavy atom. The molecule has 0 aliphatic rings. The summed E-state index contributed by atoms with van der Waals surface area (Å²) in [5, 5.41) is 9.54. The van der Waals surface area contributed by atoms with E-state index in [4.69, 9.17) is 0 Å². The average molecular weight is 1360 g/mol. The molecule has 12 heteroatoms. The van der Waals surface area contributed by atoms with Crippen LogP contribution >= 0.6 is 47.8 Å². The zero-order chi connectivity index (χ0) is 63.1. The van der Waals surface area contributed by atoms with E-state index in [2.05, 4.69) is 258 Å². The summed E-state index contributed by atoms with van der Waals surface area (Å²) >= 11 is 10.1. The van der Waals surface area contributed by atoms with Crippen molar-refractivity contribution in [1.82, 2.24) is 25.3 Å². The van der Waals surface area contributed by atoms with Crippen LogP contribution in [0, 0.1) is 0 Å². The van der Waals surface area contributed by atoms with Gasteiger partial charge in [-0.05, 0) is 155 Å². The molecule has 0 amide bonds. The predicted octanol–water partition coefficient (Wildman–Crippen LogP) is 18.0. The third kappa shape index (κ3) is 45.0. The van der Waals surface area contributed by atoms with Gasteiger partial charge in [0.15, 0.2) is 0 Å². The molecule has 5 aromatic carbocycles. The number of ether oxygens (including phenoxy) is 2. The van der Waals surface area contributed by atoms with Crippen LogP contribution in [0.15, 0.2) is 154 Å². The van der Waals surface area contributed by atoms with Crippen molar-refractivity contribution in [3.63, 3.8) is 0 Å². The Kier molecular flexibility index (Phi) is 52.3. The molecule has 0 bridgehead atoms. The van der Waals surface area contributed by atoms with Crippen molar-refractivity contribution in [2.24, 2.45) is 0 Å². The van der Waals surface area contributed by atoms with Gasteiger partial charge in [0.1, 0.15) is 0 Å². The lowest BCUT2D eigenvalue weighted by molar-refractivity contribution is -0.141. The van der Waals surface area contributed by atoms with Crippen LogP contribution in [0.25, 0.3) is 30.4 Å². The van der Waals surface area contributed by atoms with Gasteiger partial charge in [-0.2, -0.15) is 0 Å². The predicted molar refractivity (Wildman–Crippen MR) is 383 cm³/mol. The maximum absolute atomic E-state index is 11.0. The zero-order valence-electron chi connectivity index (χ0n) is 53.0. The quantitative estimate of drug-likeness (QED) is 0.0234. The second-order valence-electron chi connectivity index (χ2n) is 20.6. The molecule has 0 radical (unpaired) electrons. The summed E-state index contributed by atoms with van der Waals surface area (Å²) in [5.41, 5.74) is 12.5. The minimum absolute atomic E-state index is 0.102. The highest BCUT2D eigenvalue weighted by molar-refractivity contribution is 9.09. The van der Waals surface area contributed by atoms with Gasteiger partial charge in [0, 0.05) is 61.6 Å². The third-order valence-electron chi connectivity index (χ3n) is 13.2. The number of carbonyl (C=O) groups excluding carboxylic acids is 2. The second-order valence-corrected chi connectivity index (χ2v) is 23.0. The summed E-state index contributed by atoms with van der Waals surface area (Å²) in [6.07, 6.45) is 23.2. The first kappa shape index (κ1) is 80.0. The molecule has 0 aliphatic carbocycles. The molecule has 0 saturated heterocycles. The third-order valence-corrected chi connectivity index (χ3v) is 14.9. The number of rotatable bonds is 35. The Morgan fingerprint density at radius 3 is 0.847 bits per heavy atom. The van der Waals surface area contributed by atoms with E-state index in [1.807, 2.05) is 44.5 Å². The Hall–Kier alpha value is -5.02. The molecule has 0 spiro atoms. The largest absolute Gasteiger partial charge is 0.469 e. The first-order valence-electron chi connectivity index (χ1n) is 29.9. The number of methoxy groups -OCH3 is 2. The molecule has 0 fully saturated rings. The average Bonchev–Trinajstić information content (AvgIpc) is 3.55. The van der Waals surface area contributed by atoms with Crippen molar-refractivity contribution < 1.29 is 19.1 Å². The number of halogens is 3. The molecule has 0 heterocycles. The Bertz CT molecular complexity index is 2330. The number of hydrogen-bond acceptors (Lipinski definition) is 9. The van der Waals surface area contributed by atoms with Gasteiger partial charge in [-0.25, -0.2) is 0 Å². The molecular formula is C73H106Br3N5O4. The fourth-order valence-electron chi connectivity index (χ4n) is 8.13. The van der Waals surface area contributed by atoms with Gasteiger partial charge >= 0.3 is 11.9 Å². The molecule has 0 saturated carbocycles. The first-order chi connectivity index (χ1) is 41.2. The van der Waals surface area contributed by atoms with E-state index >= 15 is 0 Å². The lowest BCUT2D eigenvalue weighted by Crippen LogP contribution is -2.25. The molecule has 5 rings (SSSR count). The normalized spacial score (nSPS) is 10.2. The number of nitrogens with one attached hydrogen (secondary N) is 2. The van der Waals surface area contributed by atoms with Crippen molar-refractivity contribution in [3.8, 4) is 0 Å². The van der Waals surface area contributed by atoms with E-state index in [0.29, 0.717) is 12.8 Å². The maximum Gasteiger partial charge on any atom is 0.305 e. The highest BCUT2D eigenvalue weighted by atomic mass is 79.9. The van der Waals surface area contributed by atoms with Gasteiger partial charge in [-0.1, -0.05) is 258 Å². The zero-order valence-corrected chi connectivity index (χ0v) is 57.8. The summed E-state index contributed by atoms with van der Waals surface area (Å²) in [6, 6.07) is 42.4. The van der Waals surface area contributed by atoms with Crippen LogP contribution in [0.5, 0.6) is 0 Å². The fourth-order valence-corrected chi connectivity index (χ4v) is 9.32. The van der Waals surface area contributed by atoms with Crippen LogP contribution in [0.3, 0.4) is 0 Å². The van der Waals surface area contributed by atoms with Crippen molar-refractivity contribution >= 4 is 90.1 Å².